The summed E-state index contributed by atoms with van der Waals surface area (Å²) in [7, 11) is 0.619. The summed E-state index contributed by atoms with van der Waals surface area (Å²) in [6.07, 6.45) is 8.13. The Balaban J connectivity index is 0.000000595. The van der Waals surface area contributed by atoms with Gasteiger partial charge in [-0.2, -0.15) is 8.42 Å². The van der Waals surface area contributed by atoms with Crippen LogP contribution in [-0.2, 0) is 32.8 Å². The minimum atomic E-state index is -3.67. The Morgan fingerprint density at radius 3 is 1.82 bits per heavy atom. The number of amides is 2. The number of aryl methyl sites for hydroxylation is 2. The molecule has 2 aromatic heterocycles. The van der Waals surface area contributed by atoms with Crippen LogP contribution in [0, 0.1) is 5.92 Å². The molecule has 0 aliphatic carbocycles. The predicted molar refractivity (Wildman–Crippen MR) is 157 cm³/mol. The van der Waals surface area contributed by atoms with Crippen LogP contribution in [0.15, 0.2) is 60.9 Å². The number of hydrogen-bond donors (Lipinski definition) is 2. The molecule has 2 aliphatic heterocycles. The SMILES string of the molecule is CN(C)CC1CCCn2cc(c3ccccc32)C2=C(C(=O)NC2=O)c2cn(c3ccccc23)CC1.CS(=O)(=O)O. The molecule has 4 heterocycles. The Bertz CT molecular complexity index is 1740. The quantitative estimate of drug-likeness (QED) is 0.282. The number of imide groups is 1. The van der Waals surface area contributed by atoms with Crippen molar-refractivity contribution in [1.82, 2.24) is 19.4 Å². The Morgan fingerprint density at radius 1 is 0.850 bits per heavy atom. The number of fused-ring (bicyclic) bond motifs is 12. The molecule has 0 radical (unpaired) electrons. The normalized spacial score (nSPS) is 18.0. The average Bonchev–Trinajstić information content (AvgIpc) is 3.51. The molecule has 0 saturated heterocycles. The van der Waals surface area contributed by atoms with Crippen LogP contribution in [0.2, 0.25) is 0 Å². The topological polar surface area (TPSA) is 114 Å². The van der Waals surface area contributed by atoms with E-state index in [0.29, 0.717) is 23.3 Å². The second kappa shape index (κ2) is 11.0. The van der Waals surface area contributed by atoms with Gasteiger partial charge in [-0.1, -0.05) is 36.4 Å². The molecule has 1 atom stereocenters. The number of benzene rings is 2. The lowest BCUT2D eigenvalue weighted by atomic mass is 9.95. The molecular formula is C30H34N4O5S. The van der Waals surface area contributed by atoms with Crippen molar-refractivity contribution in [3.8, 4) is 0 Å². The number of carbonyl (C=O) groups excluding carboxylic acids is 2. The Morgan fingerprint density at radius 2 is 1.32 bits per heavy atom. The molecule has 10 heteroatoms. The largest absolute Gasteiger partial charge is 0.347 e. The van der Waals surface area contributed by atoms with Crippen LogP contribution < -0.4 is 5.32 Å². The molecule has 2 N–H and O–H groups in total. The lowest BCUT2D eigenvalue weighted by Gasteiger charge is -2.22. The molecule has 4 bridgehead atoms. The summed E-state index contributed by atoms with van der Waals surface area (Å²) in [6, 6.07) is 16.4. The van der Waals surface area contributed by atoms with Crippen molar-refractivity contribution < 1.29 is 22.6 Å². The predicted octanol–water partition coefficient (Wildman–Crippen LogP) is 4.03. The highest BCUT2D eigenvalue weighted by Gasteiger charge is 2.35. The summed E-state index contributed by atoms with van der Waals surface area (Å²) in [4.78, 5) is 28.7. The van der Waals surface area contributed by atoms with E-state index in [-0.39, 0.29) is 11.8 Å². The minimum absolute atomic E-state index is 0.317. The summed E-state index contributed by atoms with van der Waals surface area (Å²) in [5, 5.41) is 4.61. The van der Waals surface area contributed by atoms with E-state index in [1.54, 1.807) is 0 Å². The van der Waals surface area contributed by atoms with Crippen LogP contribution >= 0.6 is 0 Å². The number of nitrogens with one attached hydrogen (secondary N) is 1. The van der Waals surface area contributed by atoms with Gasteiger partial charge in [0.25, 0.3) is 21.9 Å². The number of hydrogen-bond acceptors (Lipinski definition) is 5. The Kier molecular flexibility index (Phi) is 7.67. The van der Waals surface area contributed by atoms with Gasteiger partial charge in [-0.05, 0) is 51.4 Å². The van der Waals surface area contributed by atoms with Gasteiger partial charge >= 0.3 is 0 Å². The van der Waals surface area contributed by atoms with Crippen molar-refractivity contribution in [3.63, 3.8) is 0 Å². The first-order valence-corrected chi connectivity index (χ1v) is 15.2. The van der Waals surface area contributed by atoms with Gasteiger partial charge in [-0.25, -0.2) is 0 Å². The minimum Gasteiger partial charge on any atom is -0.347 e. The van der Waals surface area contributed by atoms with Gasteiger partial charge < -0.3 is 14.0 Å². The third kappa shape index (κ3) is 5.74. The van der Waals surface area contributed by atoms with Crippen molar-refractivity contribution in [2.24, 2.45) is 5.92 Å². The van der Waals surface area contributed by atoms with Gasteiger partial charge in [0.2, 0.25) is 0 Å². The van der Waals surface area contributed by atoms with Gasteiger partial charge in [0.1, 0.15) is 0 Å². The zero-order valence-electron chi connectivity index (χ0n) is 22.9. The lowest BCUT2D eigenvalue weighted by molar-refractivity contribution is -0.122. The van der Waals surface area contributed by atoms with Crippen LogP contribution in [0.3, 0.4) is 0 Å². The van der Waals surface area contributed by atoms with Crippen molar-refractivity contribution in [2.45, 2.75) is 32.4 Å². The maximum atomic E-state index is 13.2. The third-order valence-electron chi connectivity index (χ3n) is 7.46. The first-order valence-electron chi connectivity index (χ1n) is 13.3. The molecule has 2 aromatic carbocycles. The maximum absolute atomic E-state index is 13.2. The number of carbonyl (C=O) groups is 2. The van der Waals surface area contributed by atoms with Crippen molar-refractivity contribution in [1.29, 1.82) is 0 Å². The van der Waals surface area contributed by atoms with Crippen molar-refractivity contribution in [2.75, 3.05) is 26.9 Å². The summed E-state index contributed by atoms with van der Waals surface area (Å²) in [5.74, 6) is -0.0600. The molecule has 2 amide bonds. The van der Waals surface area contributed by atoms with E-state index in [0.717, 1.165) is 71.8 Å². The van der Waals surface area contributed by atoms with Gasteiger partial charge in [0, 0.05) is 65.0 Å². The smallest absolute Gasteiger partial charge is 0.261 e. The fourth-order valence-corrected chi connectivity index (χ4v) is 5.95. The van der Waals surface area contributed by atoms with E-state index in [2.05, 4.69) is 70.1 Å². The lowest BCUT2D eigenvalue weighted by Crippen LogP contribution is -2.23. The number of nitrogens with zero attached hydrogens (tertiary/aromatic N) is 3. The average molecular weight is 563 g/mol. The highest BCUT2D eigenvalue weighted by molar-refractivity contribution is 7.85. The molecule has 2 aliphatic rings. The van der Waals surface area contributed by atoms with Crippen LogP contribution in [0.5, 0.6) is 0 Å². The summed E-state index contributed by atoms with van der Waals surface area (Å²) >= 11 is 0. The molecule has 1 unspecified atom stereocenters. The molecular weight excluding hydrogens is 528 g/mol. The van der Waals surface area contributed by atoms with E-state index in [1.165, 1.54) is 0 Å². The van der Waals surface area contributed by atoms with Crippen molar-refractivity contribution in [3.05, 3.63) is 72.1 Å². The van der Waals surface area contributed by atoms with Crippen LogP contribution in [0.25, 0.3) is 33.0 Å². The van der Waals surface area contributed by atoms with Crippen LogP contribution in [-0.4, -0.2) is 65.7 Å². The first-order chi connectivity index (χ1) is 19.0. The second-order valence-corrected chi connectivity index (χ2v) is 12.3. The van der Waals surface area contributed by atoms with E-state index in [4.69, 9.17) is 4.55 Å². The van der Waals surface area contributed by atoms with Crippen LogP contribution in [0.1, 0.15) is 30.4 Å². The zero-order valence-corrected chi connectivity index (χ0v) is 23.7. The Hall–Kier alpha value is -3.73. The molecule has 0 saturated carbocycles. The summed E-state index contributed by atoms with van der Waals surface area (Å²) in [6.45, 7) is 2.81. The molecule has 210 valence electrons. The second-order valence-electron chi connectivity index (χ2n) is 10.8. The highest BCUT2D eigenvalue weighted by Crippen LogP contribution is 2.39. The van der Waals surface area contributed by atoms with Gasteiger partial charge in [0.15, 0.2) is 0 Å². The maximum Gasteiger partial charge on any atom is 0.261 e. The summed E-state index contributed by atoms with van der Waals surface area (Å²) in [5.41, 5.74) is 4.82. The van der Waals surface area contributed by atoms with Gasteiger partial charge in [0.05, 0.1) is 17.4 Å². The number of rotatable bonds is 2. The van der Waals surface area contributed by atoms with E-state index >= 15 is 0 Å². The molecule has 0 spiro atoms. The fourth-order valence-electron chi connectivity index (χ4n) is 5.95. The third-order valence-corrected chi connectivity index (χ3v) is 7.46. The number of aromatic nitrogens is 2. The zero-order chi connectivity index (χ0) is 28.6. The standard InChI is InChI=1S/C29H30N4O2.CH4O3S/c1-31(2)16-19-8-7-14-32-17-22(20-9-3-5-11-24(20)32)26-27(29(35)30-28(26)34)23-18-33(15-13-19)25-12-6-4-10-21(23)25;1-5(2,3)4/h3-6,9-12,17-19H,7-8,13-16H2,1-2H3,(H,30,34,35);1H3,(H,2,3,4). The Labute approximate surface area is 233 Å². The molecule has 6 rings (SSSR count). The first kappa shape index (κ1) is 27.8. The fraction of sp³-hybridized carbons (Fsp3) is 0.333. The monoisotopic (exact) mass is 562 g/mol. The molecule has 0 fully saturated rings. The van der Waals surface area contributed by atoms with Gasteiger partial charge in [-0.15, -0.1) is 0 Å². The van der Waals surface area contributed by atoms with E-state index < -0.39 is 10.1 Å². The van der Waals surface area contributed by atoms with Crippen molar-refractivity contribution >= 4 is 54.9 Å². The van der Waals surface area contributed by atoms with E-state index in [9.17, 15) is 18.0 Å². The van der Waals surface area contributed by atoms with E-state index in [1.807, 2.05) is 24.3 Å². The number of para-hydroxylation sites is 2. The molecule has 4 aromatic rings. The molecule has 40 heavy (non-hydrogen) atoms. The van der Waals surface area contributed by atoms with Gasteiger partial charge in [-0.3, -0.25) is 19.5 Å². The highest BCUT2D eigenvalue weighted by atomic mass is 32.2. The van der Waals surface area contributed by atoms with Crippen LogP contribution in [0.4, 0.5) is 0 Å². The summed E-state index contributed by atoms with van der Waals surface area (Å²) < 4.78 is 30.4. The molecule has 9 nitrogen and oxygen atoms in total.